The first-order chi connectivity index (χ1) is 12.0. The van der Waals surface area contributed by atoms with Crippen LogP contribution in [0, 0.1) is 12.8 Å². The van der Waals surface area contributed by atoms with Gasteiger partial charge >= 0.3 is 0 Å². The standard InChI is InChI=1S/C22H22O3/c1-15-7-9-16(10-8-15)11-12-19(23)22-20(24)13-18(14-21(22)25)17-5-3-2-4-6-17/h2-10,18,22H,11-14H2,1H3. The van der Waals surface area contributed by atoms with Crippen LogP contribution in [0.3, 0.4) is 0 Å². The highest BCUT2D eigenvalue weighted by molar-refractivity contribution is 6.21. The fourth-order valence-corrected chi connectivity index (χ4v) is 3.46. The summed E-state index contributed by atoms with van der Waals surface area (Å²) in [7, 11) is 0. The number of rotatable bonds is 5. The molecule has 128 valence electrons. The molecule has 0 amide bonds. The summed E-state index contributed by atoms with van der Waals surface area (Å²) in [5.41, 5.74) is 3.21. The quantitative estimate of drug-likeness (QED) is 0.781. The highest BCUT2D eigenvalue weighted by Crippen LogP contribution is 2.32. The van der Waals surface area contributed by atoms with Gasteiger partial charge in [-0.05, 0) is 30.4 Å². The van der Waals surface area contributed by atoms with Gasteiger partial charge in [0, 0.05) is 19.3 Å². The van der Waals surface area contributed by atoms with E-state index in [0.717, 1.165) is 11.1 Å². The van der Waals surface area contributed by atoms with Crippen LogP contribution >= 0.6 is 0 Å². The first-order valence-corrected chi connectivity index (χ1v) is 8.73. The minimum Gasteiger partial charge on any atom is -0.298 e. The van der Waals surface area contributed by atoms with E-state index in [1.165, 1.54) is 5.56 Å². The second-order valence-electron chi connectivity index (χ2n) is 6.83. The van der Waals surface area contributed by atoms with Crippen molar-refractivity contribution in [3.8, 4) is 0 Å². The number of hydrogen-bond acceptors (Lipinski definition) is 3. The summed E-state index contributed by atoms with van der Waals surface area (Å²) in [5, 5.41) is 0. The number of carbonyl (C=O) groups is 3. The Labute approximate surface area is 148 Å². The molecule has 0 unspecified atom stereocenters. The molecule has 0 heterocycles. The van der Waals surface area contributed by atoms with E-state index in [0.29, 0.717) is 6.42 Å². The van der Waals surface area contributed by atoms with Crippen molar-refractivity contribution in [2.45, 2.75) is 38.5 Å². The molecule has 1 fully saturated rings. The maximum Gasteiger partial charge on any atom is 0.151 e. The lowest BCUT2D eigenvalue weighted by Gasteiger charge is -2.26. The number of carbonyl (C=O) groups excluding carboxylic acids is 3. The Morgan fingerprint density at radius 3 is 2.12 bits per heavy atom. The molecule has 25 heavy (non-hydrogen) atoms. The smallest absolute Gasteiger partial charge is 0.151 e. The molecule has 0 N–H and O–H groups in total. The fraction of sp³-hybridized carbons (Fsp3) is 0.318. The summed E-state index contributed by atoms with van der Waals surface area (Å²) >= 11 is 0. The number of Topliss-reactive ketones (excluding diaryl/α,β-unsaturated/α-hetero) is 3. The van der Waals surface area contributed by atoms with Gasteiger partial charge in [0.25, 0.3) is 0 Å². The Hall–Kier alpha value is -2.55. The minimum atomic E-state index is -1.05. The SMILES string of the molecule is Cc1ccc(CCC(=O)C2C(=O)CC(c3ccccc3)CC2=O)cc1. The van der Waals surface area contributed by atoms with E-state index >= 15 is 0 Å². The molecular formula is C22H22O3. The van der Waals surface area contributed by atoms with E-state index in [-0.39, 0.29) is 42.5 Å². The lowest BCUT2D eigenvalue weighted by Crippen LogP contribution is -2.38. The summed E-state index contributed by atoms with van der Waals surface area (Å²) in [6, 6.07) is 17.6. The molecule has 0 spiro atoms. The highest BCUT2D eigenvalue weighted by Gasteiger charge is 2.39. The van der Waals surface area contributed by atoms with Gasteiger partial charge in [-0.15, -0.1) is 0 Å². The van der Waals surface area contributed by atoms with Crippen molar-refractivity contribution in [3.63, 3.8) is 0 Å². The second kappa shape index (κ2) is 7.56. The van der Waals surface area contributed by atoms with Gasteiger partial charge in [0.2, 0.25) is 0 Å². The van der Waals surface area contributed by atoms with E-state index in [1.54, 1.807) is 0 Å². The van der Waals surface area contributed by atoms with E-state index in [9.17, 15) is 14.4 Å². The Bertz CT molecular complexity index is 757. The lowest BCUT2D eigenvalue weighted by molar-refractivity contribution is -0.142. The van der Waals surface area contributed by atoms with Crippen LogP contribution in [0.2, 0.25) is 0 Å². The average Bonchev–Trinajstić information content (AvgIpc) is 2.61. The van der Waals surface area contributed by atoms with E-state index in [4.69, 9.17) is 0 Å². The fourth-order valence-electron chi connectivity index (χ4n) is 3.46. The van der Waals surface area contributed by atoms with Gasteiger partial charge in [-0.2, -0.15) is 0 Å². The van der Waals surface area contributed by atoms with E-state index in [2.05, 4.69) is 0 Å². The predicted octanol–water partition coefficient (Wildman–Crippen LogP) is 3.83. The summed E-state index contributed by atoms with van der Waals surface area (Å²) in [6.45, 7) is 2.01. The zero-order valence-electron chi connectivity index (χ0n) is 14.4. The van der Waals surface area contributed by atoms with Gasteiger partial charge in [-0.1, -0.05) is 60.2 Å². The van der Waals surface area contributed by atoms with Gasteiger partial charge in [0.1, 0.15) is 5.92 Å². The normalized spacial score (nSPS) is 20.5. The molecule has 3 rings (SSSR count). The van der Waals surface area contributed by atoms with Crippen LogP contribution in [0.4, 0.5) is 0 Å². The van der Waals surface area contributed by atoms with Crippen molar-refractivity contribution < 1.29 is 14.4 Å². The number of aryl methyl sites for hydroxylation is 2. The zero-order valence-corrected chi connectivity index (χ0v) is 14.4. The van der Waals surface area contributed by atoms with Gasteiger partial charge in [-0.25, -0.2) is 0 Å². The summed E-state index contributed by atoms with van der Waals surface area (Å²) in [6.07, 6.45) is 1.35. The van der Waals surface area contributed by atoms with Crippen LogP contribution < -0.4 is 0 Å². The molecular weight excluding hydrogens is 312 g/mol. The molecule has 2 aromatic carbocycles. The molecule has 2 aromatic rings. The van der Waals surface area contributed by atoms with Crippen molar-refractivity contribution in [2.24, 2.45) is 5.92 Å². The van der Waals surface area contributed by atoms with Crippen LogP contribution in [0.1, 0.15) is 41.9 Å². The summed E-state index contributed by atoms with van der Waals surface area (Å²) in [5.74, 6) is -1.83. The average molecular weight is 334 g/mol. The third-order valence-electron chi connectivity index (χ3n) is 4.91. The van der Waals surface area contributed by atoms with E-state index < -0.39 is 5.92 Å². The topological polar surface area (TPSA) is 51.2 Å². The van der Waals surface area contributed by atoms with Crippen LogP contribution in [0.15, 0.2) is 54.6 Å². The van der Waals surface area contributed by atoms with Crippen LogP contribution in [0.25, 0.3) is 0 Å². The Morgan fingerprint density at radius 2 is 1.52 bits per heavy atom. The van der Waals surface area contributed by atoms with Gasteiger partial charge < -0.3 is 0 Å². The van der Waals surface area contributed by atoms with E-state index in [1.807, 2.05) is 61.5 Å². The highest BCUT2D eigenvalue weighted by atomic mass is 16.2. The molecule has 0 aliphatic heterocycles. The molecule has 0 atom stereocenters. The molecule has 0 aromatic heterocycles. The molecule has 0 bridgehead atoms. The molecule has 3 heteroatoms. The van der Waals surface area contributed by atoms with Crippen molar-refractivity contribution >= 4 is 17.3 Å². The number of ketones is 3. The van der Waals surface area contributed by atoms with Crippen molar-refractivity contribution in [3.05, 3.63) is 71.3 Å². The lowest BCUT2D eigenvalue weighted by atomic mass is 9.74. The van der Waals surface area contributed by atoms with Crippen molar-refractivity contribution in [1.82, 2.24) is 0 Å². The second-order valence-corrected chi connectivity index (χ2v) is 6.83. The third-order valence-corrected chi connectivity index (χ3v) is 4.91. The molecule has 0 radical (unpaired) electrons. The Balaban J connectivity index is 1.62. The summed E-state index contributed by atoms with van der Waals surface area (Å²) < 4.78 is 0. The molecule has 3 nitrogen and oxygen atoms in total. The van der Waals surface area contributed by atoms with Crippen LogP contribution in [-0.4, -0.2) is 17.3 Å². The van der Waals surface area contributed by atoms with Crippen molar-refractivity contribution in [1.29, 1.82) is 0 Å². The number of benzene rings is 2. The minimum absolute atomic E-state index is 0.0950. The maximum absolute atomic E-state index is 12.5. The van der Waals surface area contributed by atoms with Crippen molar-refractivity contribution in [2.75, 3.05) is 0 Å². The molecule has 0 saturated heterocycles. The summed E-state index contributed by atoms with van der Waals surface area (Å²) in [4.78, 5) is 37.3. The monoisotopic (exact) mass is 334 g/mol. The molecule has 1 saturated carbocycles. The van der Waals surface area contributed by atoms with Gasteiger partial charge in [0.05, 0.1) is 0 Å². The molecule has 1 aliphatic rings. The molecule has 1 aliphatic carbocycles. The van der Waals surface area contributed by atoms with Crippen LogP contribution in [0.5, 0.6) is 0 Å². The maximum atomic E-state index is 12.5. The zero-order chi connectivity index (χ0) is 17.8. The largest absolute Gasteiger partial charge is 0.298 e. The Kier molecular flexibility index (Phi) is 5.22. The predicted molar refractivity (Wildman–Crippen MR) is 96.4 cm³/mol. The number of hydrogen-bond donors (Lipinski definition) is 0. The first kappa shape index (κ1) is 17.3. The third kappa shape index (κ3) is 4.11. The van der Waals surface area contributed by atoms with Crippen LogP contribution in [-0.2, 0) is 20.8 Å². The van der Waals surface area contributed by atoms with Gasteiger partial charge in [-0.3, -0.25) is 14.4 Å². The first-order valence-electron chi connectivity index (χ1n) is 8.73. The Morgan fingerprint density at radius 1 is 0.920 bits per heavy atom. The van der Waals surface area contributed by atoms with Gasteiger partial charge in [0.15, 0.2) is 17.3 Å².